The zero-order valence-corrected chi connectivity index (χ0v) is 15.2. The first-order valence-electron chi connectivity index (χ1n) is 8.96. The average molecular weight is 395 g/mol. The highest BCUT2D eigenvalue weighted by molar-refractivity contribution is 5.94. The first-order chi connectivity index (χ1) is 14.0. The Labute approximate surface area is 164 Å². The molecule has 0 aliphatic carbocycles. The van der Waals surface area contributed by atoms with Crippen LogP contribution in [0.2, 0.25) is 0 Å². The molecule has 0 aliphatic heterocycles. The van der Waals surface area contributed by atoms with Gasteiger partial charge < -0.3 is 10.3 Å². The number of carbonyl (C=O) groups excluding carboxylic acids is 1. The van der Waals surface area contributed by atoms with Crippen LogP contribution in [0.1, 0.15) is 12.0 Å². The number of hydrogen-bond acceptors (Lipinski definition) is 2. The summed E-state index contributed by atoms with van der Waals surface area (Å²) in [6.07, 6.45) is 3.45. The van der Waals surface area contributed by atoms with Crippen molar-refractivity contribution in [2.45, 2.75) is 12.8 Å². The Balaban J connectivity index is 1.68. The molecule has 4 aromatic rings. The first-order valence-corrected chi connectivity index (χ1v) is 8.96. The summed E-state index contributed by atoms with van der Waals surface area (Å²) < 4.78 is 41.4. The van der Waals surface area contributed by atoms with Crippen molar-refractivity contribution in [3.63, 3.8) is 0 Å². The van der Waals surface area contributed by atoms with Gasteiger partial charge in [-0.2, -0.15) is 0 Å². The molecule has 1 amide bonds. The summed E-state index contributed by atoms with van der Waals surface area (Å²) >= 11 is 0. The van der Waals surface area contributed by atoms with Crippen molar-refractivity contribution >= 4 is 22.5 Å². The van der Waals surface area contributed by atoms with Gasteiger partial charge in [0.25, 0.3) is 0 Å². The maximum absolute atomic E-state index is 14.3. The summed E-state index contributed by atoms with van der Waals surface area (Å²) in [5, 5.41) is 3.09. The Morgan fingerprint density at radius 3 is 2.55 bits per heavy atom. The number of amides is 1. The van der Waals surface area contributed by atoms with Crippen molar-refractivity contribution in [2.75, 3.05) is 5.32 Å². The molecule has 146 valence electrons. The molecule has 2 aromatic carbocycles. The van der Waals surface area contributed by atoms with Crippen LogP contribution in [0, 0.1) is 17.5 Å². The number of nitrogens with zero attached hydrogens (tertiary/aromatic N) is 1. The Kier molecular flexibility index (Phi) is 5.03. The van der Waals surface area contributed by atoms with Gasteiger partial charge in [0.05, 0.1) is 17.4 Å². The van der Waals surface area contributed by atoms with Gasteiger partial charge in [0.2, 0.25) is 5.91 Å². The minimum atomic E-state index is -0.727. The van der Waals surface area contributed by atoms with E-state index in [1.54, 1.807) is 30.5 Å². The number of pyridine rings is 1. The van der Waals surface area contributed by atoms with Crippen molar-refractivity contribution in [1.29, 1.82) is 0 Å². The lowest BCUT2D eigenvalue weighted by molar-refractivity contribution is -0.116. The molecular formula is C22H16F3N3O. The second-order valence-corrected chi connectivity index (χ2v) is 6.59. The number of carbonyl (C=O) groups is 1. The topological polar surface area (TPSA) is 57.8 Å². The summed E-state index contributed by atoms with van der Waals surface area (Å²) in [6.45, 7) is 0. The van der Waals surface area contributed by atoms with E-state index in [4.69, 9.17) is 0 Å². The highest BCUT2D eigenvalue weighted by Crippen LogP contribution is 2.33. The predicted molar refractivity (Wildman–Crippen MR) is 105 cm³/mol. The molecule has 0 bridgehead atoms. The molecule has 4 rings (SSSR count). The number of nitrogens with one attached hydrogen (secondary N) is 2. The number of aromatic nitrogens is 2. The van der Waals surface area contributed by atoms with E-state index >= 15 is 0 Å². The summed E-state index contributed by atoms with van der Waals surface area (Å²) in [4.78, 5) is 19.2. The van der Waals surface area contributed by atoms with Crippen LogP contribution in [0.5, 0.6) is 0 Å². The van der Waals surface area contributed by atoms with E-state index in [2.05, 4.69) is 15.3 Å². The molecule has 7 heteroatoms. The maximum Gasteiger partial charge on any atom is 0.224 e. The van der Waals surface area contributed by atoms with E-state index in [9.17, 15) is 18.0 Å². The fraction of sp³-hybridized carbons (Fsp3) is 0.0909. The van der Waals surface area contributed by atoms with Crippen molar-refractivity contribution in [3.8, 4) is 11.3 Å². The number of anilines is 1. The number of aryl methyl sites for hydroxylation is 1. The average Bonchev–Trinajstić information content (AvgIpc) is 3.06. The third kappa shape index (κ3) is 3.99. The Morgan fingerprint density at radius 2 is 1.83 bits per heavy atom. The largest absolute Gasteiger partial charge is 0.352 e. The first kappa shape index (κ1) is 18.7. The van der Waals surface area contributed by atoms with E-state index in [1.165, 1.54) is 24.4 Å². The molecule has 0 fully saturated rings. The minimum Gasteiger partial charge on any atom is -0.352 e. The highest BCUT2D eigenvalue weighted by Gasteiger charge is 2.18. The van der Waals surface area contributed by atoms with E-state index in [0.717, 1.165) is 6.07 Å². The van der Waals surface area contributed by atoms with Gasteiger partial charge in [-0.05, 0) is 60.0 Å². The van der Waals surface area contributed by atoms with Gasteiger partial charge in [0.15, 0.2) is 0 Å². The van der Waals surface area contributed by atoms with E-state index in [-0.39, 0.29) is 24.3 Å². The molecule has 0 saturated heterocycles. The Bertz CT molecular complexity index is 1170. The lowest BCUT2D eigenvalue weighted by Crippen LogP contribution is -2.12. The van der Waals surface area contributed by atoms with Crippen LogP contribution in [0.15, 0.2) is 60.9 Å². The predicted octanol–water partition coefficient (Wildman–Crippen LogP) is 5.22. The molecule has 2 aromatic heterocycles. The minimum absolute atomic E-state index is 0.0914. The van der Waals surface area contributed by atoms with Gasteiger partial charge in [0, 0.05) is 29.8 Å². The smallest absolute Gasteiger partial charge is 0.224 e. The zero-order valence-electron chi connectivity index (χ0n) is 15.2. The van der Waals surface area contributed by atoms with Gasteiger partial charge in [0.1, 0.15) is 17.5 Å². The lowest BCUT2D eigenvalue weighted by atomic mass is 10.0. The van der Waals surface area contributed by atoms with Gasteiger partial charge in [-0.3, -0.25) is 9.78 Å². The fourth-order valence-electron chi connectivity index (χ4n) is 3.30. The van der Waals surface area contributed by atoms with Crippen LogP contribution in [0.3, 0.4) is 0 Å². The van der Waals surface area contributed by atoms with Crippen LogP contribution in [0.4, 0.5) is 18.9 Å². The summed E-state index contributed by atoms with van der Waals surface area (Å²) in [7, 11) is 0. The third-order valence-corrected chi connectivity index (χ3v) is 4.61. The summed E-state index contributed by atoms with van der Waals surface area (Å²) in [5.74, 6) is -2.09. The highest BCUT2D eigenvalue weighted by atomic mass is 19.1. The SMILES string of the molecule is O=C(CCc1c(-c2ccc(F)cc2)[nH]c2c(F)cc(F)cc12)Nc1cccnc1. The van der Waals surface area contributed by atoms with Crippen molar-refractivity contribution in [3.05, 3.63) is 83.9 Å². The molecule has 0 spiro atoms. The van der Waals surface area contributed by atoms with Crippen molar-refractivity contribution in [1.82, 2.24) is 9.97 Å². The molecule has 0 radical (unpaired) electrons. The molecule has 0 unspecified atom stereocenters. The van der Waals surface area contributed by atoms with Gasteiger partial charge in [-0.25, -0.2) is 13.2 Å². The monoisotopic (exact) mass is 395 g/mol. The number of rotatable bonds is 5. The molecule has 0 atom stereocenters. The summed E-state index contributed by atoms with van der Waals surface area (Å²) in [5.41, 5.74) is 2.44. The van der Waals surface area contributed by atoms with E-state index in [0.29, 0.717) is 27.9 Å². The van der Waals surface area contributed by atoms with Crippen molar-refractivity contribution < 1.29 is 18.0 Å². The van der Waals surface area contributed by atoms with Crippen molar-refractivity contribution in [2.24, 2.45) is 0 Å². The Morgan fingerprint density at radius 1 is 1.03 bits per heavy atom. The standard InChI is InChI=1S/C22H16F3N3O/c23-14-5-3-13(4-6-14)21-17(18-10-15(24)11-19(25)22(18)28-21)7-8-20(29)27-16-2-1-9-26-12-16/h1-6,9-12,28H,7-8H2,(H,27,29). The quantitative estimate of drug-likeness (QED) is 0.487. The van der Waals surface area contributed by atoms with Crippen LogP contribution in [-0.2, 0) is 11.2 Å². The van der Waals surface area contributed by atoms with Gasteiger partial charge >= 0.3 is 0 Å². The maximum atomic E-state index is 14.3. The van der Waals surface area contributed by atoms with Crippen LogP contribution in [-0.4, -0.2) is 15.9 Å². The van der Waals surface area contributed by atoms with Crippen LogP contribution in [0.25, 0.3) is 22.2 Å². The molecule has 4 nitrogen and oxygen atoms in total. The zero-order chi connectivity index (χ0) is 20.4. The van der Waals surface area contributed by atoms with E-state index < -0.39 is 17.5 Å². The molecular weight excluding hydrogens is 379 g/mol. The number of H-pyrrole nitrogens is 1. The lowest BCUT2D eigenvalue weighted by Gasteiger charge is -2.07. The number of hydrogen-bond donors (Lipinski definition) is 2. The van der Waals surface area contributed by atoms with Gasteiger partial charge in [-0.1, -0.05) is 0 Å². The fourth-order valence-corrected chi connectivity index (χ4v) is 3.30. The second kappa shape index (κ2) is 7.79. The Hall–Kier alpha value is -3.61. The number of halogens is 3. The number of fused-ring (bicyclic) bond motifs is 1. The van der Waals surface area contributed by atoms with Crippen LogP contribution >= 0.6 is 0 Å². The normalized spacial score (nSPS) is 11.0. The number of benzene rings is 2. The molecule has 2 heterocycles. The van der Waals surface area contributed by atoms with E-state index in [1.807, 2.05) is 0 Å². The summed E-state index contributed by atoms with van der Waals surface area (Å²) in [6, 6.07) is 11.1. The molecule has 2 N–H and O–H groups in total. The molecule has 0 aliphatic rings. The van der Waals surface area contributed by atoms with Crippen LogP contribution < -0.4 is 5.32 Å². The third-order valence-electron chi connectivity index (χ3n) is 4.61. The number of aromatic amines is 1. The second-order valence-electron chi connectivity index (χ2n) is 6.59. The molecule has 0 saturated carbocycles. The molecule has 29 heavy (non-hydrogen) atoms. The van der Waals surface area contributed by atoms with Gasteiger partial charge in [-0.15, -0.1) is 0 Å².